The molecule has 0 aliphatic carbocycles. The molecule has 1 rings (SSSR count). The van der Waals surface area contributed by atoms with Crippen molar-refractivity contribution in [2.75, 3.05) is 5.43 Å². The molecule has 2 N–H and O–H groups in total. The van der Waals surface area contributed by atoms with Crippen LogP contribution in [0.5, 0.6) is 0 Å². The second-order valence-electron chi connectivity index (χ2n) is 2.31. The Hall–Kier alpha value is -1.03. The van der Waals surface area contributed by atoms with E-state index in [0.717, 1.165) is 10.2 Å². The highest BCUT2D eigenvalue weighted by molar-refractivity contribution is 9.10. The first-order valence-electron chi connectivity index (χ1n) is 3.46. The first-order valence-corrected chi connectivity index (χ1v) is 4.26. The van der Waals surface area contributed by atoms with Gasteiger partial charge in [-0.05, 0) is 24.3 Å². The topological polar surface area (TPSA) is 41.1 Å². The number of nitrogens with one attached hydrogen (secondary N) is 2. The van der Waals surface area contributed by atoms with Crippen molar-refractivity contribution in [1.82, 2.24) is 5.43 Å². The lowest BCUT2D eigenvalue weighted by Gasteiger charge is -2.05. The summed E-state index contributed by atoms with van der Waals surface area (Å²) in [5.74, 6) is -0.113. The molecule has 1 aromatic rings. The Morgan fingerprint density at radius 3 is 2.42 bits per heavy atom. The Kier molecular flexibility index (Phi) is 3.10. The smallest absolute Gasteiger partial charge is 0.235 e. The number of rotatable bonds is 2. The number of amides is 1. The highest BCUT2D eigenvalue weighted by atomic mass is 79.9. The Balaban J connectivity index is 2.53. The fourth-order valence-corrected chi connectivity index (χ4v) is 0.958. The number of halogens is 1. The van der Waals surface area contributed by atoms with Crippen molar-refractivity contribution in [2.45, 2.75) is 6.92 Å². The fraction of sp³-hybridized carbons (Fsp3) is 0.125. The average molecular weight is 229 g/mol. The summed E-state index contributed by atoms with van der Waals surface area (Å²) in [6.45, 7) is 1.45. The zero-order chi connectivity index (χ0) is 8.97. The number of anilines is 1. The summed E-state index contributed by atoms with van der Waals surface area (Å²) in [6, 6.07) is 7.51. The standard InChI is InChI=1S/C8H9BrN2O/c1-6(12)10-11-8-4-2-7(9)3-5-8/h2-5,11H,1H3,(H,10,12). The molecule has 0 radical (unpaired) electrons. The van der Waals surface area contributed by atoms with E-state index in [1.54, 1.807) is 0 Å². The summed E-state index contributed by atoms with van der Waals surface area (Å²) in [7, 11) is 0. The van der Waals surface area contributed by atoms with Crippen LogP contribution in [0.4, 0.5) is 5.69 Å². The molecule has 4 heteroatoms. The van der Waals surface area contributed by atoms with Crippen molar-refractivity contribution in [3.63, 3.8) is 0 Å². The third kappa shape index (κ3) is 2.92. The Labute approximate surface area is 79.3 Å². The van der Waals surface area contributed by atoms with Gasteiger partial charge in [0.25, 0.3) is 0 Å². The predicted octanol–water partition coefficient (Wildman–Crippen LogP) is 1.91. The summed E-state index contributed by atoms with van der Waals surface area (Å²) < 4.78 is 1.01. The highest BCUT2D eigenvalue weighted by Gasteiger charge is 1.91. The lowest BCUT2D eigenvalue weighted by molar-refractivity contribution is -0.118. The zero-order valence-electron chi connectivity index (χ0n) is 6.60. The SMILES string of the molecule is CC(=O)NNc1ccc(Br)cc1. The van der Waals surface area contributed by atoms with Gasteiger partial charge in [-0.25, -0.2) is 0 Å². The van der Waals surface area contributed by atoms with Crippen molar-refractivity contribution in [1.29, 1.82) is 0 Å². The molecule has 0 aliphatic heterocycles. The fourth-order valence-electron chi connectivity index (χ4n) is 0.693. The van der Waals surface area contributed by atoms with Crippen LogP contribution in [0.15, 0.2) is 28.7 Å². The van der Waals surface area contributed by atoms with E-state index in [9.17, 15) is 4.79 Å². The van der Waals surface area contributed by atoms with E-state index < -0.39 is 0 Å². The van der Waals surface area contributed by atoms with E-state index >= 15 is 0 Å². The minimum Gasteiger partial charge on any atom is -0.299 e. The molecule has 0 fully saturated rings. The molecular formula is C8H9BrN2O. The van der Waals surface area contributed by atoms with Crippen LogP contribution in [0, 0.1) is 0 Å². The van der Waals surface area contributed by atoms with Crippen LogP contribution in [-0.4, -0.2) is 5.91 Å². The van der Waals surface area contributed by atoms with E-state index in [1.807, 2.05) is 24.3 Å². The predicted molar refractivity (Wildman–Crippen MR) is 51.6 cm³/mol. The van der Waals surface area contributed by atoms with Gasteiger partial charge in [-0.3, -0.25) is 15.6 Å². The van der Waals surface area contributed by atoms with Crippen molar-refractivity contribution in [3.8, 4) is 0 Å². The molecule has 0 atom stereocenters. The van der Waals surface area contributed by atoms with Gasteiger partial charge in [-0.1, -0.05) is 15.9 Å². The third-order valence-corrected chi connectivity index (χ3v) is 1.76. The molecule has 1 amide bonds. The van der Waals surface area contributed by atoms with Crippen LogP contribution in [0.25, 0.3) is 0 Å². The van der Waals surface area contributed by atoms with Gasteiger partial charge in [0, 0.05) is 11.4 Å². The number of hydrogen-bond donors (Lipinski definition) is 2. The molecule has 3 nitrogen and oxygen atoms in total. The molecule has 1 aromatic carbocycles. The summed E-state index contributed by atoms with van der Waals surface area (Å²) in [5, 5.41) is 0. The minimum atomic E-state index is -0.113. The maximum Gasteiger partial charge on any atom is 0.235 e. The van der Waals surface area contributed by atoms with Gasteiger partial charge < -0.3 is 0 Å². The molecule has 0 bridgehead atoms. The summed E-state index contributed by atoms with van der Waals surface area (Å²) in [6.07, 6.45) is 0. The molecule has 0 saturated heterocycles. The van der Waals surface area contributed by atoms with E-state index in [-0.39, 0.29) is 5.91 Å². The quantitative estimate of drug-likeness (QED) is 0.760. The van der Waals surface area contributed by atoms with Gasteiger partial charge in [0.1, 0.15) is 0 Å². The number of carbonyl (C=O) groups excluding carboxylic acids is 1. The second-order valence-corrected chi connectivity index (χ2v) is 3.23. The van der Waals surface area contributed by atoms with Crippen molar-refractivity contribution in [2.24, 2.45) is 0 Å². The van der Waals surface area contributed by atoms with Crippen LogP contribution >= 0.6 is 15.9 Å². The maximum absolute atomic E-state index is 10.5. The van der Waals surface area contributed by atoms with Gasteiger partial charge in [-0.15, -0.1) is 0 Å². The van der Waals surface area contributed by atoms with E-state index in [2.05, 4.69) is 26.8 Å². The van der Waals surface area contributed by atoms with Crippen molar-refractivity contribution >= 4 is 27.5 Å². The molecule has 0 unspecified atom stereocenters. The minimum absolute atomic E-state index is 0.113. The van der Waals surface area contributed by atoms with E-state index in [1.165, 1.54) is 6.92 Å². The van der Waals surface area contributed by atoms with E-state index in [0.29, 0.717) is 0 Å². The zero-order valence-corrected chi connectivity index (χ0v) is 8.18. The molecule has 0 spiro atoms. The highest BCUT2D eigenvalue weighted by Crippen LogP contribution is 2.12. The lowest BCUT2D eigenvalue weighted by atomic mass is 10.3. The summed E-state index contributed by atoms with van der Waals surface area (Å²) >= 11 is 3.31. The van der Waals surface area contributed by atoms with Gasteiger partial charge in [0.15, 0.2) is 0 Å². The molecular weight excluding hydrogens is 220 g/mol. The second kappa shape index (κ2) is 4.11. The lowest BCUT2D eigenvalue weighted by Crippen LogP contribution is -2.26. The largest absolute Gasteiger partial charge is 0.299 e. The first-order chi connectivity index (χ1) is 5.68. The molecule has 0 heterocycles. The van der Waals surface area contributed by atoms with Gasteiger partial charge in [0.2, 0.25) is 5.91 Å². The van der Waals surface area contributed by atoms with Crippen LogP contribution in [-0.2, 0) is 4.79 Å². The number of hydrazine groups is 1. The number of hydrogen-bond acceptors (Lipinski definition) is 2. The Morgan fingerprint density at radius 2 is 1.92 bits per heavy atom. The van der Waals surface area contributed by atoms with Crippen LogP contribution < -0.4 is 10.9 Å². The molecule has 0 aliphatic rings. The first kappa shape index (κ1) is 9.06. The molecule has 0 saturated carbocycles. The normalized spacial score (nSPS) is 9.17. The summed E-state index contributed by atoms with van der Waals surface area (Å²) in [4.78, 5) is 10.5. The van der Waals surface area contributed by atoms with Crippen LogP contribution in [0.1, 0.15) is 6.92 Å². The molecule has 0 aromatic heterocycles. The van der Waals surface area contributed by atoms with Crippen LogP contribution in [0.2, 0.25) is 0 Å². The van der Waals surface area contributed by atoms with Crippen LogP contribution in [0.3, 0.4) is 0 Å². The summed E-state index contributed by atoms with van der Waals surface area (Å²) in [5.41, 5.74) is 6.08. The van der Waals surface area contributed by atoms with Gasteiger partial charge in [-0.2, -0.15) is 0 Å². The van der Waals surface area contributed by atoms with Gasteiger partial charge >= 0.3 is 0 Å². The average Bonchev–Trinajstić information content (AvgIpc) is 2.03. The molecule has 64 valence electrons. The number of benzene rings is 1. The Bertz CT molecular complexity index is 271. The third-order valence-electron chi connectivity index (χ3n) is 1.23. The van der Waals surface area contributed by atoms with Crippen molar-refractivity contribution in [3.05, 3.63) is 28.7 Å². The number of carbonyl (C=O) groups is 1. The van der Waals surface area contributed by atoms with Gasteiger partial charge in [0.05, 0.1) is 5.69 Å². The molecule has 12 heavy (non-hydrogen) atoms. The van der Waals surface area contributed by atoms with Crippen molar-refractivity contribution < 1.29 is 4.79 Å². The maximum atomic E-state index is 10.5. The van der Waals surface area contributed by atoms with E-state index in [4.69, 9.17) is 0 Å². The monoisotopic (exact) mass is 228 g/mol. The Morgan fingerprint density at radius 1 is 1.33 bits per heavy atom.